The highest BCUT2D eigenvalue weighted by Crippen LogP contribution is 2.13. The lowest BCUT2D eigenvalue weighted by Gasteiger charge is -2.21. The van der Waals surface area contributed by atoms with Gasteiger partial charge in [-0.15, -0.1) is 0 Å². The van der Waals surface area contributed by atoms with Crippen LogP contribution in [0.25, 0.3) is 0 Å². The van der Waals surface area contributed by atoms with Crippen LogP contribution < -0.4 is 15.4 Å². The number of hydrogen-bond acceptors (Lipinski definition) is 6. The second-order valence-electron chi connectivity index (χ2n) is 6.13. The van der Waals surface area contributed by atoms with Gasteiger partial charge in [-0.1, -0.05) is 12.1 Å². The van der Waals surface area contributed by atoms with E-state index in [-0.39, 0.29) is 19.4 Å². The first-order valence-electron chi connectivity index (χ1n) is 9.00. The Morgan fingerprint density at radius 3 is 2.41 bits per heavy atom. The number of carbonyl (C=O) groups is 3. The molecule has 1 aromatic carbocycles. The zero-order valence-corrected chi connectivity index (χ0v) is 16.2. The Balaban J connectivity index is 2.12. The average molecular weight is 404 g/mol. The number of benzene rings is 1. The highest BCUT2D eigenvalue weighted by molar-refractivity contribution is 5.89. The molecule has 0 fully saturated rings. The van der Waals surface area contributed by atoms with E-state index in [0.717, 1.165) is 5.56 Å². The average Bonchev–Trinajstić information content (AvgIpc) is 3.20. The van der Waals surface area contributed by atoms with Crippen molar-refractivity contribution < 1.29 is 29.0 Å². The van der Waals surface area contributed by atoms with Gasteiger partial charge in [0.25, 0.3) is 0 Å². The van der Waals surface area contributed by atoms with Crippen molar-refractivity contribution in [3.05, 3.63) is 48.0 Å². The van der Waals surface area contributed by atoms with E-state index in [1.807, 2.05) is 0 Å². The van der Waals surface area contributed by atoms with Crippen molar-refractivity contribution in [1.82, 2.24) is 20.6 Å². The van der Waals surface area contributed by atoms with Crippen molar-refractivity contribution in [1.29, 1.82) is 0 Å². The molecule has 0 radical (unpaired) electrons. The number of hydrogen-bond donors (Lipinski definition) is 4. The number of carbonyl (C=O) groups excluding carboxylic acids is 2. The van der Waals surface area contributed by atoms with Crippen molar-refractivity contribution in [3.8, 4) is 5.75 Å². The number of methoxy groups -OCH3 is 1. The molecule has 2 atom stereocenters. The third-order valence-corrected chi connectivity index (χ3v) is 4.07. The van der Waals surface area contributed by atoms with E-state index in [1.54, 1.807) is 44.5 Å². The van der Waals surface area contributed by atoms with Crippen LogP contribution in [0.3, 0.4) is 0 Å². The number of carboxylic acid groups (broad SMARTS) is 1. The summed E-state index contributed by atoms with van der Waals surface area (Å²) in [6, 6.07) is 4.74. The van der Waals surface area contributed by atoms with Crippen LogP contribution in [0.15, 0.2) is 36.8 Å². The minimum absolute atomic E-state index is 0.000758. The number of alkyl carbamates (subject to hydrolysis) is 1. The van der Waals surface area contributed by atoms with E-state index in [9.17, 15) is 19.5 Å². The molecular formula is C19H24N4O6. The summed E-state index contributed by atoms with van der Waals surface area (Å²) >= 11 is 0. The van der Waals surface area contributed by atoms with Crippen LogP contribution in [0.5, 0.6) is 5.75 Å². The van der Waals surface area contributed by atoms with Gasteiger partial charge in [0, 0.05) is 19.0 Å². The third-order valence-electron chi connectivity index (χ3n) is 4.07. The van der Waals surface area contributed by atoms with Crippen LogP contribution in [-0.4, -0.2) is 58.8 Å². The smallest absolute Gasteiger partial charge is 0.407 e. The minimum Gasteiger partial charge on any atom is -0.497 e. The fraction of sp³-hybridized carbons (Fsp3) is 0.368. The van der Waals surface area contributed by atoms with Gasteiger partial charge in [0.2, 0.25) is 5.91 Å². The maximum absolute atomic E-state index is 12.8. The predicted octanol–water partition coefficient (Wildman–Crippen LogP) is 0.888. The number of H-pyrrole nitrogens is 1. The van der Waals surface area contributed by atoms with Crippen LogP contribution in [0.1, 0.15) is 18.2 Å². The molecule has 0 aliphatic heterocycles. The molecule has 0 unspecified atom stereocenters. The van der Waals surface area contributed by atoms with E-state index in [2.05, 4.69) is 20.6 Å². The number of aromatic amines is 1. The first-order chi connectivity index (χ1) is 13.9. The van der Waals surface area contributed by atoms with Crippen molar-refractivity contribution in [2.45, 2.75) is 31.8 Å². The summed E-state index contributed by atoms with van der Waals surface area (Å²) in [5, 5.41) is 14.4. The molecule has 2 amide bonds. The van der Waals surface area contributed by atoms with Crippen molar-refractivity contribution in [3.63, 3.8) is 0 Å². The summed E-state index contributed by atoms with van der Waals surface area (Å²) in [4.78, 5) is 42.9. The first kappa shape index (κ1) is 21.7. The number of ether oxygens (including phenoxy) is 2. The fourth-order valence-corrected chi connectivity index (χ4v) is 2.61. The number of carboxylic acids is 1. The summed E-state index contributed by atoms with van der Waals surface area (Å²) in [5.41, 5.74) is 1.24. The molecule has 0 saturated carbocycles. The molecule has 0 bridgehead atoms. The van der Waals surface area contributed by atoms with E-state index in [1.165, 1.54) is 6.33 Å². The van der Waals surface area contributed by atoms with Gasteiger partial charge < -0.3 is 30.2 Å². The normalized spacial score (nSPS) is 12.5. The van der Waals surface area contributed by atoms with Gasteiger partial charge in [-0.25, -0.2) is 14.6 Å². The van der Waals surface area contributed by atoms with Gasteiger partial charge in [-0.05, 0) is 24.6 Å². The lowest BCUT2D eigenvalue weighted by molar-refractivity contribution is -0.142. The third kappa shape index (κ3) is 6.83. The summed E-state index contributed by atoms with van der Waals surface area (Å²) in [5.74, 6) is -1.20. The SMILES string of the molecule is CCOC(=O)N[C@@H](Cc1ccc(OC)cc1)C(=O)N[C@@H](Cc1c[nH]cn1)C(=O)O. The first-order valence-corrected chi connectivity index (χ1v) is 9.00. The molecular weight excluding hydrogens is 380 g/mol. The zero-order valence-electron chi connectivity index (χ0n) is 16.2. The second-order valence-corrected chi connectivity index (χ2v) is 6.13. The Morgan fingerprint density at radius 2 is 1.86 bits per heavy atom. The van der Waals surface area contributed by atoms with E-state index in [0.29, 0.717) is 11.4 Å². The number of nitrogens with one attached hydrogen (secondary N) is 3. The van der Waals surface area contributed by atoms with Gasteiger partial charge in [0.1, 0.15) is 17.8 Å². The largest absolute Gasteiger partial charge is 0.497 e. The molecule has 0 saturated heterocycles. The van der Waals surface area contributed by atoms with Gasteiger partial charge in [0.05, 0.1) is 25.7 Å². The fourth-order valence-electron chi connectivity index (χ4n) is 2.61. The van der Waals surface area contributed by atoms with Crippen LogP contribution in [0, 0.1) is 0 Å². The summed E-state index contributed by atoms with van der Waals surface area (Å²) in [6.07, 6.45) is 2.35. The summed E-state index contributed by atoms with van der Waals surface area (Å²) in [6.45, 7) is 1.78. The molecule has 4 N–H and O–H groups in total. The topological polar surface area (TPSA) is 143 Å². The minimum atomic E-state index is -1.21. The van der Waals surface area contributed by atoms with E-state index in [4.69, 9.17) is 9.47 Å². The van der Waals surface area contributed by atoms with Crippen molar-refractivity contribution in [2.75, 3.05) is 13.7 Å². The lowest BCUT2D eigenvalue weighted by atomic mass is 10.0. The van der Waals surface area contributed by atoms with Crippen LogP contribution in [0.2, 0.25) is 0 Å². The Hall–Kier alpha value is -3.56. The maximum Gasteiger partial charge on any atom is 0.407 e. The van der Waals surface area contributed by atoms with Gasteiger partial charge in [0.15, 0.2) is 0 Å². The quantitative estimate of drug-likeness (QED) is 0.460. The number of aromatic nitrogens is 2. The Kier molecular flexibility index (Phi) is 8.01. The highest BCUT2D eigenvalue weighted by Gasteiger charge is 2.27. The molecule has 0 aliphatic carbocycles. The summed E-state index contributed by atoms with van der Waals surface area (Å²) in [7, 11) is 1.54. The summed E-state index contributed by atoms with van der Waals surface area (Å²) < 4.78 is 9.96. The van der Waals surface area contributed by atoms with Gasteiger partial charge in [-0.2, -0.15) is 0 Å². The van der Waals surface area contributed by atoms with Crippen molar-refractivity contribution >= 4 is 18.0 Å². The highest BCUT2D eigenvalue weighted by atomic mass is 16.5. The number of aliphatic carboxylic acids is 1. The Labute approximate surface area is 167 Å². The molecule has 0 spiro atoms. The van der Waals surface area contributed by atoms with Gasteiger partial charge in [-0.3, -0.25) is 4.79 Å². The van der Waals surface area contributed by atoms with Crippen molar-refractivity contribution in [2.24, 2.45) is 0 Å². The molecule has 156 valence electrons. The van der Waals surface area contributed by atoms with Crippen LogP contribution >= 0.6 is 0 Å². The van der Waals surface area contributed by atoms with Gasteiger partial charge >= 0.3 is 12.1 Å². The zero-order chi connectivity index (χ0) is 21.2. The molecule has 10 nitrogen and oxygen atoms in total. The van der Waals surface area contributed by atoms with E-state index >= 15 is 0 Å². The number of imidazole rings is 1. The number of amides is 2. The monoisotopic (exact) mass is 404 g/mol. The molecule has 1 aromatic heterocycles. The molecule has 2 aromatic rings. The number of nitrogens with zero attached hydrogens (tertiary/aromatic N) is 1. The van der Waals surface area contributed by atoms with Crippen LogP contribution in [0.4, 0.5) is 4.79 Å². The lowest BCUT2D eigenvalue weighted by Crippen LogP contribution is -2.53. The predicted molar refractivity (Wildman–Crippen MR) is 103 cm³/mol. The molecule has 2 rings (SSSR count). The Bertz CT molecular complexity index is 807. The maximum atomic E-state index is 12.8. The molecule has 10 heteroatoms. The second kappa shape index (κ2) is 10.7. The molecule has 0 aliphatic rings. The molecule has 29 heavy (non-hydrogen) atoms. The standard InChI is InChI=1S/C19H24N4O6/c1-3-29-19(27)23-15(8-12-4-6-14(28-2)7-5-12)17(24)22-16(18(25)26)9-13-10-20-11-21-13/h4-7,10-11,15-16H,3,8-9H2,1-2H3,(H,20,21)(H,22,24)(H,23,27)(H,25,26)/t15-,16-/m0/s1. The molecule has 1 heterocycles. The van der Waals surface area contributed by atoms with E-state index < -0.39 is 30.1 Å². The van der Waals surface area contributed by atoms with Crippen LogP contribution in [-0.2, 0) is 27.2 Å². The number of rotatable bonds is 10. The Morgan fingerprint density at radius 1 is 1.14 bits per heavy atom.